The van der Waals surface area contributed by atoms with Crippen molar-refractivity contribution >= 4 is 27.5 Å². The van der Waals surface area contributed by atoms with E-state index < -0.39 is 0 Å². The molecule has 1 aromatic heterocycles. The van der Waals surface area contributed by atoms with Crippen LogP contribution in [-0.4, -0.2) is 17.0 Å². The van der Waals surface area contributed by atoms with E-state index in [1.807, 2.05) is 72.9 Å². The van der Waals surface area contributed by atoms with Crippen LogP contribution in [0.1, 0.15) is 35.2 Å². The molecule has 27 heavy (non-hydrogen) atoms. The number of fused-ring (bicyclic) bond motifs is 2. The fourth-order valence-corrected chi connectivity index (χ4v) is 3.73. The van der Waals surface area contributed by atoms with Gasteiger partial charge in [0.1, 0.15) is 0 Å². The molecule has 0 aliphatic carbocycles. The Morgan fingerprint density at radius 1 is 0.778 bits per heavy atom. The number of benzene rings is 3. The minimum absolute atomic E-state index is 0.0468. The molecule has 4 rings (SSSR count). The minimum Gasteiger partial charge on any atom is -0.347 e. The van der Waals surface area contributed by atoms with Crippen LogP contribution in [0.5, 0.6) is 0 Å². The molecule has 0 radical (unpaired) electrons. The zero-order chi connectivity index (χ0) is 18.6. The van der Waals surface area contributed by atoms with Crippen LogP contribution in [0.4, 0.5) is 4.39 Å². The minimum atomic E-state index is -0.267. The molecule has 136 valence electrons. The van der Waals surface area contributed by atoms with Gasteiger partial charge in [-0.2, -0.15) is 0 Å². The maximum atomic E-state index is 13.4. The molecule has 0 aliphatic rings. The van der Waals surface area contributed by atoms with Crippen LogP contribution in [0.3, 0.4) is 0 Å². The lowest BCUT2D eigenvalue weighted by Crippen LogP contribution is -2.02. The standard InChI is InChI=1S/C24H22FNO/c25-15-6-1-7-16-26-17-22(20-12-4-5-14-23(20)26)24(27)21-13-8-10-18-9-2-3-11-19(18)21/h2-5,8-14,17H,1,6-7,15-16H2. The van der Waals surface area contributed by atoms with Gasteiger partial charge < -0.3 is 4.57 Å². The number of nitrogens with zero attached hydrogens (tertiary/aromatic N) is 1. The van der Waals surface area contributed by atoms with E-state index >= 15 is 0 Å². The molecule has 1 heterocycles. The van der Waals surface area contributed by atoms with Gasteiger partial charge in [0.15, 0.2) is 5.78 Å². The van der Waals surface area contributed by atoms with Gasteiger partial charge in [-0.3, -0.25) is 9.18 Å². The third kappa shape index (κ3) is 3.37. The first-order valence-electron chi connectivity index (χ1n) is 9.46. The number of para-hydroxylation sites is 1. The monoisotopic (exact) mass is 359 g/mol. The van der Waals surface area contributed by atoms with E-state index in [0.29, 0.717) is 6.42 Å². The smallest absolute Gasteiger partial charge is 0.195 e. The lowest BCUT2D eigenvalue weighted by molar-refractivity contribution is 0.104. The zero-order valence-corrected chi connectivity index (χ0v) is 15.2. The first-order valence-corrected chi connectivity index (χ1v) is 9.46. The fraction of sp³-hybridized carbons (Fsp3) is 0.208. The molecule has 0 spiro atoms. The Bertz CT molecular complexity index is 1090. The molecule has 3 aromatic carbocycles. The highest BCUT2D eigenvalue weighted by molar-refractivity contribution is 6.21. The largest absolute Gasteiger partial charge is 0.347 e. The lowest BCUT2D eigenvalue weighted by Gasteiger charge is -2.05. The Morgan fingerprint density at radius 2 is 1.52 bits per heavy atom. The van der Waals surface area contributed by atoms with Gasteiger partial charge in [0.2, 0.25) is 0 Å². The molecule has 2 nitrogen and oxygen atoms in total. The maximum absolute atomic E-state index is 13.4. The van der Waals surface area contributed by atoms with Gasteiger partial charge in [0, 0.05) is 34.8 Å². The second-order valence-corrected chi connectivity index (χ2v) is 6.86. The molecular formula is C24H22FNO. The molecule has 0 N–H and O–H groups in total. The Labute approximate surface area is 158 Å². The summed E-state index contributed by atoms with van der Waals surface area (Å²) < 4.78 is 14.5. The van der Waals surface area contributed by atoms with Crippen molar-refractivity contribution in [3.05, 3.63) is 84.1 Å². The third-order valence-electron chi connectivity index (χ3n) is 5.10. The van der Waals surface area contributed by atoms with Crippen LogP contribution in [0.25, 0.3) is 21.7 Å². The predicted octanol–water partition coefficient (Wildman–Crippen LogP) is 6.17. The molecule has 4 aromatic rings. The lowest BCUT2D eigenvalue weighted by atomic mass is 9.97. The van der Waals surface area contributed by atoms with E-state index in [-0.39, 0.29) is 12.5 Å². The Kier molecular flexibility index (Phi) is 5.01. The second kappa shape index (κ2) is 7.75. The van der Waals surface area contributed by atoms with Crippen molar-refractivity contribution in [2.45, 2.75) is 25.8 Å². The van der Waals surface area contributed by atoms with Crippen LogP contribution in [-0.2, 0) is 6.54 Å². The summed E-state index contributed by atoms with van der Waals surface area (Å²) in [5.74, 6) is 0.0468. The van der Waals surface area contributed by atoms with Crippen LogP contribution >= 0.6 is 0 Å². The van der Waals surface area contributed by atoms with Crippen LogP contribution in [0.2, 0.25) is 0 Å². The van der Waals surface area contributed by atoms with Gasteiger partial charge in [0.05, 0.1) is 6.67 Å². The summed E-state index contributed by atoms with van der Waals surface area (Å²) in [5.41, 5.74) is 2.52. The van der Waals surface area contributed by atoms with E-state index in [0.717, 1.165) is 52.2 Å². The summed E-state index contributed by atoms with van der Waals surface area (Å²) in [6.45, 7) is 0.528. The Hall–Kier alpha value is -2.94. The maximum Gasteiger partial charge on any atom is 0.195 e. The Morgan fingerprint density at radius 3 is 2.37 bits per heavy atom. The van der Waals surface area contributed by atoms with Crippen molar-refractivity contribution in [2.75, 3.05) is 6.67 Å². The summed E-state index contributed by atoms with van der Waals surface area (Å²) in [6, 6.07) is 21.9. The number of hydrogen-bond acceptors (Lipinski definition) is 1. The van der Waals surface area contributed by atoms with Crippen molar-refractivity contribution < 1.29 is 9.18 Å². The number of alkyl halides is 1. The molecule has 3 heteroatoms. The molecule has 0 saturated heterocycles. The molecule has 0 amide bonds. The van der Waals surface area contributed by atoms with Crippen molar-refractivity contribution in [1.29, 1.82) is 0 Å². The fourth-order valence-electron chi connectivity index (χ4n) is 3.73. The number of aromatic nitrogens is 1. The van der Waals surface area contributed by atoms with Crippen LogP contribution in [0, 0.1) is 0 Å². The number of halogens is 1. The number of rotatable bonds is 7. The number of unbranched alkanes of at least 4 members (excludes halogenated alkanes) is 2. The van der Waals surface area contributed by atoms with Gasteiger partial charge in [-0.1, -0.05) is 60.7 Å². The third-order valence-corrected chi connectivity index (χ3v) is 5.10. The van der Waals surface area contributed by atoms with Crippen molar-refractivity contribution in [2.24, 2.45) is 0 Å². The average Bonchev–Trinajstić information content (AvgIpc) is 3.09. The van der Waals surface area contributed by atoms with Gasteiger partial charge >= 0.3 is 0 Å². The predicted molar refractivity (Wildman–Crippen MR) is 109 cm³/mol. The van der Waals surface area contributed by atoms with Crippen molar-refractivity contribution in [1.82, 2.24) is 4.57 Å². The molecule has 0 aliphatic heterocycles. The topological polar surface area (TPSA) is 22.0 Å². The zero-order valence-electron chi connectivity index (χ0n) is 15.2. The molecule has 0 saturated carbocycles. The molecule has 0 unspecified atom stereocenters. The second-order valence-electron chi connectivity index (χ2n) is 6.86. The Balaban J connectivity index is 1.75. The summed E-state index contributed by atoms with van der Waals surface area (Å²) in [6.07, 6.45) is 4.32. The van der Waals surface area contributed by atoms with Crippen LogP contribution in [0.15, 0.2) is 72.9 Å². The first-order chi connectivity index (χ1) is 13.3. The van der Waals surface area contributed by atoms with E-state index in [1.165, 1.54) is 0 Å². The SMILES string of the molecule is O=C(c1cccc2ccccc12)c1cn(CCCCCF)c2ccccc12. The first kappa shape index (κ1) is 17.5. The summed E-state index contributed by atoms with van der Waals surface area (Å²) in [4.78, 5) is 13.4. The summed E-state index contributed by atoms with van der Waals surface area (Å²) in [5, 5.41) is 3.02. The highest BCUT2D eigenvalue weighted by Crippen LogP contribution is 2.27. The molecular weight excluding hydrogens is 337 g/mol. The van der Waals surface area contributed by atoms with E-state index in [1.54, 1.807) is 0 Å². The van der Waals surface area contributed by atoms with Crippen molar-refractivity contribution in [3.63, 3.8) is 0 Å². The normalized spacial score (nSPS) is 11.3. The quantitative estimate of drug-likeness (QED) is 0.286. The van der Waals surface area contributed by atoms with Gasteiger partial charge in [-0.25, -0.2) is 0 Å². The number of carbonyl (C=O) groups is 1. The molecule has 0 atom stereocenters. The number of hydrogen-bond donors (Lipinski definition) is 0. The highest BCUT2D eigenvalue weighted by atomic mass is 19.1. The average molecular weight is 359 g/mol. The number of aryl methyl sites for hydroxylation is 1. The van der Waals surface area contributed by atoms with Crippen LogP contribution < -0.4 is 0 Å². The van der Waals surface area contributed by atoms with Gasteiger partial charge in [-0.15, -0.1) is 0 Å². The summed E-state index contributed by atoms with van der Waals surface area (Å²) >= 11 is 0. The van der Waals surface area contributed by atoms with Gasteiger partial charge in [0.25, 0.3) is 0 Å². The molecule has 0 fully saturated rings. The number of ketones is 1. The van der Waals surface area contributed by atoms with E-state index in [2.05, 4.69) is 4.57 Å². The van der Waals surface area contributed by atoms with Crippen molar-refractivity contribution in [3.8, 4) is 0 Å². The highest BCUT2D eigenvalue weighted by Gasteiger charge is 2.18. The van der Waals surface area contributed by atoms with E-state index in [4.69, 9.17) is 0 Å². The van der Waals surface area contributed by atoms with E-state index in [9.17, 15) is 9.18 Å². The number of carbonyl (C=O) groups excluding carboxylic acids is 1. The molecule has 0 bridgehead atoms. The summed E-state index contributed by atoms with van der Waals surface area (Å²) in [7, 11) is 0. The van der Waals surface area contributed by atoms with Gasteiger partial charge in [-0.05, 0) is 36.1 Å².